The molecule has 2 N–H and O–H groups in total. The van der Waals surface area contributed by atoms with Crippen molar-refractivity contribution in [1.29, 1.82) is 0 Å². The van der Waals surface area contributed by atoms with Gasteiger partial charge in [-0.3, -0.25) is 19.6 Å². The maximum absolute atomic E-state index is 12.8. The third-order valence-corrected chi connectivity index (χ3v) is 6.40. The zero-order valence-corrected chi connectivity index (χ0v) is 18.8. The lowest BCUT2D eigenvalue weighted by atomic mass is 10.1. The summed E-state index contributed by atoms with van der Waals surface area (Å²) in [5.74, 6) is -0.610. The third-order valence-electron chi connectivity index (χ3n) is 4.69. The number of sulfonamides is 1. The summed E-state index contributed by atoms with van der Waals surface area (Å²) in [4.78, 5) is 23.1. The number of benzene rings is 3. The summed E-state index contributed by atoms with van der Waals surface area (Å²) in [6.07, 6.45) is 0. The van der Waals surface area contributed by atoms with Crippen LogP contribution in [0.3, 0.4) is 0 Å². The van der Waals surface area contributed by atoms with Crippen molar-refractivity contribution in [3.63, 3.8) is 0 Å². The molecule has 0 radical (unpaired) electrons. The Morgan fingerprint density at radius 1 is 1.06 bits per heavy atom. The number of nitro groups is 1. The lowest BCUT2D eigenvalue weighted by Gasteiger charge is -2.16. The molecule has 10 heteroatoms. The van der Waals surface area contributed by atoms with Crippen LogP contribution in [0.5, 0.6) is 0 Å². The van der Waals surface area contributed by atoms with Gasteiger partial charge in [0.25, 0.3) is 21.6 Å². The first kappa shape index (κ1) is 23.2. The molecule has 0 heterocycles. The van der Waals surface area contributed by atoms with E-state index in [1.165, 1.54) is 36.4 Å². The first-order chi connectivity index (χ1) is 15.1. The standard InChI is InChI=1S/C22H20ClN3O5S/c1-14-5-3-7-17(11-14)25-32(30,31)19-9-10-21(23)20(13-19)22(27)24-15(2)16-6-4-8-18(12-16)26(28)29/h3-13,15,25H,1-2H3,(H,24,27). The smallest absolute Gasteiger partial charge is 0.269 e. The minimum Gasteiger partial charge on any atom is -0.345 e. The fourth-order valence-electron chi connectivity index (χ4n) is 3.03. The summed E-state index contributed by atoms with van der Waals surface area (Å²) in [6.45, 7) is 3.50. The van der Waals surface area contributed by atoms with Gasteiger partial charge in [0, 0.05) is 17.8 Å². The van der Waals surface area contributed by atoms with Gasteiger partial charge >= 0.3 is 0 Å². The van der Waals surface area contributed by atoms with Crippen molar-refractivity contribution in [2.75, 3.05) is 4.72 Å². The molecule has 3 rings (SSSR count). The molecule has 0 saturated heterocycles. The largest absolute Gasteiger partial charge is 0.345 e. The Morgan fingerprint density at radius 2 is 1.78 bits per heavy atom. The van der Waals surface area contributed by atoms with E-state index in [-0.39, 0.29) is 21.2 Å². The Balaban J connectivity index is 1.84. The van der Waals surface area contributed by atoms with E-state index in [0.29, 0.717) is 11.3 Å². The highest BCUT2D eigenvalue weighted by Gasteiger charge is 2.21. The molecule has 0 aromatic heterocycles. The summed E-state index contributed by atoms with van der Waals surface area (Å²) in [6, 6.07) is 16.0. The number of aryl methyl sites for hydroxylation is 1. The maximum atomic E-state index is 12.8. The summed E-state index contributed by atoms with van der Waals surface area (Å²) in [5.41, 5.74) is 1.67. The molecule has 0 saturated carbocycles. The van der Waals surface area contributed by atoms with Crippen LogP contribution in [0.15, 0.2) is 71.6 Å². The van der Waals surface area contributed by atoms with Crippen LogP contribution in [-0.4, -0.2) is 19.2 Å². The number of halogens is 1. The first-order valence-corrected chi connectivity index (χ1v) is 11.4. The number of hydrogen-bond donors (Lipinski definition) is 2. The molecule has 8 nitrogen and oxygen atoms in total. The van der Waals surface area contributed by atoms with Gasteiger partial charge in [-0.05, 0) is 55.3 Å². The number of hydrogen-bond acceptors (Lipinski definition) is 5. The molecule has 0 aliphatic rings. The molecule has 1 amide bonds. The monoisotopic (exact) mass is 473 g/mol. The summed E-state index contributed by atoms with van der Waals surface area (Å²) >= 11 is 6.15. The molecule has 1 unspecified atom stereocenters. The Labute approximate surface area is 190 Å². The maximum Gasteiger partial charge on any atom is 0.269 e. The molecule has 3 aromatic rings. The highest BCUT2D eigenvalue weighted by Crippen LogP contribution is 2.25. The Kier molecular flexibility index (Phi) is 6.81. The predicted molar refractivity (Wildman–Crippen MR) is 122 cm³/mol. The van der Waals surface area contributed by atoms with Crippen molar-refractivity contribution in [2.24, 2.45) is 0 Å². The van der Waals surface area contributed by atoms with Crippen LogP contribution < -0.4 is 10.0 Å². The molecule has 1 atom stereocenters. The number of nitrogens with zero attached hydrogens (tertiary/aromatic N) is 1. The van der Waals surface area contributed by atoms with Gasteiger partial charge in [-0.15, -0.1) is 0 Å². The zero-order chi connectivity index (χ0) is 23.5. The van der Waals surface area contributed by atoms with Crippen molar-refractivity contribution >= 4 is 38.9 Å². The van der Waals surface area contributed by atoms with Crippen molar-refractivity contribution in [1.82, 2.24) is 5.32 Å². The SMILES string of the molecule is Cc1cccc(NS(=O)(=O)c2ccc(Cl)c(C(=O)NC(C)c3cccc([N+](=O)[O-])c3)c2)c1. The van der Waals surface area contributed by atoms with Gasteiger partial charge in [-0.25, -0.2) is 8.42 Å². The molecule has 0 bridgehead atoms. The minimum absolute atomic E-state index is 0.0314. The number of amides is 1. The van der Waals surface area contributed by atoms with Gasteiger partial charge < -0.3 is 5.32 Å². The van der Waals surface area contributed by atoms with Gasteiger partial charge in [-0.2, -0.15) is 0 Å². The molecule has 0 aliphatic carbocycles. The number of carbonyl (C=O) groups excluding carboxylic acids is 1. The molecular formula is C22H20ClN3O5S. The van der Waals surface area contributed by atoms with Crippen LogP contribution in [0.2, 0.25) is 5.02 Å². The topological polar surface area (TPSA) is 118 Å². The second-order valence-electron chi connectivity index (χ2n) is 7.16. The van der Waals surface area contributed by atoms with E-state index in [1.807, 2.05) is 13.0 Å². The fraction of sp³-hybridized carbons (Fsp3) is 0.136. The van der Waals surface area contributed by atoms with Gasteiger partial charge in [0.15, 0.2) is 0 Å². The lowest BCUT2D eigenvalue weighted by molar-refractivity contribution is -0.384. The van der Waals surface area contributed by atoms with Gasteiger partial charge in [0.2, 0.25) is 0 Å². The summed E-state index contributed by atoms with van der Waals surface area (Å²) in [5, 5.41) is 13.7. The molecule has 0 fully saturated rings. The first-order valence-electron chi connectivity index (χ1n) is 9.51. The van der Waals surface area contributed by atoms with Crippen LogP contribution in [0.1, 0.15) is 34.5 Å². The highest BCUT2D eigenvalue weighted by molar-refractivity contribution is 7.92. The molecule has 0 spiro atoms. The lowest BCUT2D eigenvalue weighted by Crippen LogP contribution is -2.27. The molecule has 166 valence electrons. The van der Waals surface area contributed by atoms with Crippen LogP contribution in [0.4, 0.5) is 11.4 Å². The molecule has 0 aliphatic heterocycles. The minimum atomic E-state index is -3.96. The van der Waals surface area contributed by atoms with Crippen molar-refractivity contribution in [3.8, 4) is 0 Å². The number of nitrogens with one attached hydrogen (secondary N) is 2. The van der Waals surface area contributed by atoms with Crippen molar-refractivity contribution in [3.05, 3.63) is 98.6 Å². The molecule has 3 aromatic carbocycles. The predicted octanol–water partition coefficient (Wildman–Crippen LogP) is 4.85. The van der Waals surface area contributed by atoms with Crippen LogP contribution in [-0.2, 0) is 10.0 Å². The summed E-state index contributed by atoms with van der Waals surface area (Å²) < 4.78 is 28.1. The number of nitro benzene ring substituents is 1. The quantitative estimate of drug-likeness (QED) is 0.375. The second-order valence-corrected chi connectivity index (χ2v) is 9.25. The second kappa shape index (κ2) is 9.37. The van der Waals surface area contributed by atoms with E-state index >= 15 is 0 Å². The van der Waals surface area contributed by atoms with Gasteiger partial charge in [0.05, 0.1) is 26.4 Å². The number of non-ortho nitro benzene ring substituents is 1. The van der Waals surface area contributed by atoms with Gasteiger partial charge in [-0.1, -0.05) is 35.9 Å². The van der Waals surface area contributed by atoms with Crippen LogP contribution >= 0.6 is 11.6 Å². The number of rotatable bonds is 7. The van der Waals surface area contributed by atoms with Crippen molar-refractivity contribution in [2.45, 2.75) is 24.8 Å². The Bertz CT molecular complexity index is 1290. The van der Waals surface area contributed by atoms with E-state index in [4.69, 9.17) is 11.6 Å². The van der Waals surface area contributed by atoms with E-state index in [1.54, 1.807) is 31.2 Å². The number of anilines is 1. The fourth-order valence-corrected chi connectivity index (χ4v) is 4.31. The Hall–Kier alpha value is -3.43. The molecule has 32 heavy (non-hydrogen) atoms. The van der Waals surface area contributed by atoms with E-state index < -0.39 is 26.9 Å². The normalized spacial score (nSPS) is 12.1. The number of carbonyl (C=O) groups is 1. The highest BCUT2D eigenvalue weighted by atomic mass is 35.5. The van der Waals surface area contributed by atoms with E-state index in [9.17, 15) is 23.3 Å². The third kappa shape index (κ3) is 5.43. The van der Waals surface area contributed by atoms with Crippen LogP contribution in [0, 0.1) is 17.0 Å². The zero-order valence-electron chi connectivity index (χ0n) is 17.2. The van der Waals surface area contributed by atoms with Gasteiger partial charge in [0.1, 0.15) is 0 Å². The Morgan fingerprint density at radius 3 is 2.47 bits per heavy atom. The van der Waals surface area contributed by atoms with E-state index in [2.05, 4.69) is 10.0 Å². The average Bonchev–Trinajstić information content (AvgIpc) is 2.73. The van der Waals surface area contributed by atoms with E-state index in [0.717, 1.165) is 5.56 Å². The average molecular weight is 474 g/mol. The molecular weight excluding hydrogens is 454 g/mol. The summed E-state index contributed by atoms with van der Waals surface area (Å²) in [7, 11) is -3.96. The van der Waals surface area contributed by atoms with Crippen molar-refractivity contribution < 1.29 is 18.1 Å². The van der Waals surface area contributed by atoms with Crippen LogP contribution in [0.25, 0.3) is 0 Å².